The number of aliphatic hydroxyl groups is 1. The molecule has 1 aromatic rings. The molecule has 0 radical (unpaired) electrons. The van der Waals surface area contributed by atoms with E-state index in [1.165, 1.54) is 0 Å². The number of rotatable bonds is 10. The topological polar surface area (TPSA) is 74.7 Å². The van der Waals surface area contributed by atoms with Crippen LogP contribution in [0.1, 0.15) is 102 Å². The highest BCUT2D eigenvalue weighted by molar-refractivity contribution is 7.78. The van der Waals surface area contributed by atoms with Crippen LogP contribution in [0.2, 0.25) is 0 Å². The van der Waals surface area contributed by atoms with Crippen LogP contribution in [0.4, 0.5) is 5.69 Å². The molecule has 34 heavy (non-hydrogen) atoms. The molecule has 1 heterocycles. The van der Waals surface area contributed by atoms with Crippen LogP contribution in [0.5, 0.6) is 0 Å². The van der Waals surface area contributed by atoms with Crippen LogP contribution in [-0.4, -0.2) is 48.0 Å². The first-order chi connectivity index (χ1) is 16.2. The maximum Gasteiger partial charge on any atom is 0.166 e. The molecule has 1 saturated heterocycles. The maximum atomic E-state index is 12.2. The van der Waals surface area contributed by atoms with E-state index < -0.39 is 0 Å². The van der Waals surface area contributed by atoms with Crippen molar-refractivity contribution in [1.82, 2.24) is 0 Å². The van der Waals surface area contributed by atoms with Crippen molar-refractivity contribution in [2.45, 2.75) is 81.1 Å². The van der Waals surface area contributed by atoms with Gasteiger partial charge in [-0.05, 0) is 49.2 Å². The summed E-state index contributed by atoms with van der Waals surface area (Å²) in [5.74, 6) is 1.33. The minimum atomic E-state index is -0.0673. The number of hydrogen-bond donors (Lipinski definition) is 1. The molecule has 5 nitrogen and oxygen atoms in total. The van der Waals surface area contributed by atoms with Gasteiger partial charge in [0.1, 0.15) is 5.78 Å². The number of anilines is 1. The summed E-state index contributed by atoms with van der Waals surface area (Å²) in [6.07, 6.45) is 4.04. The Morgan fingerprint density at radius 1 is 1.18 bits per heavy atom. The molecular formula is C28H47NO4S. The van der Waals surface area contributed by atoms with Gasteiger partial charge in [-0.1, -0.05) is 60.7 Å². The summed E-state index contributed by atoms with van der Waals surface area (Å²) in [6.45, 7) is 17.7. The van der Waals surface area contributed by atoms with Gasteiger partial charge in [0.2, 0.25) is 0 Å². The van der Waals surface area contributed by atoms with E-state index in [1.807, 2.05) is 47.6 Å². The predicted octanol–water partition coefficient (Wildman–Crippen LogP) is 6.59. The summed E-state index contributed by atoms with van der Waals surface area (Å²) in [5, 5.41) is 10.6. The Labute approximate surface area is 213 Å². The van der Waals surface area contributed by atoms with Gasteiger partial charge in [0.25, 0.3) is 0 Å². The molecule has 0 spiro atoms. The minimum absolute atomic E-state index is 0.0259. The molecule has 0 amide bonds. The molecule has 0 aliphatic carbocycles. The van der Waals surface area contributed by atoms with E-state index >= 15 is 0 Å². The number of benzene rings is 1. The zero-order valence-corrected chi connectivity index (χ0v) is 23.4. The Morgan fingerprint density at radius 2 is 1.74 bits per heavy atom. The van der Waals surface area contributed by atoms with Crippen LogP contribution in [-0.2, 0) is 4.79 Å². The molecule has 1 aliphatic heterocycles. The van der Waals surface area contributed by atoms with Gasteiger partial charge in [0.05, 0.1) is 0 Å². The largest absolute Gasteiger partial charge is 0.396 e. The highest BCUT2D eigenvalue weighted by Crippen LogP contribution is 2.27. The molecule has 194 valence electrons. The number of aldehydes is 1. The summed E-state index contributed by atoms with van der Waals surface area (Å²) in [5.41, 5.74) is 1.91. The molecule has 1 atom stereocenters. The molecule has 1 aliphatic rings. The lowest BCUT2D eigenvalue weighted by Crippen LogP contribution is -2.48. The van der Waals surface area contributed by atoms with Crippen LogP contribution in [0.15, 0.2) is 18.2 Å². The number of thiocarbonyl (C=S) groups is 1. The van der Waals surface area contributed by atoms with Gasteiger partial charge < -0.3 is 10.0 Å². The number of carbonyl (C=O) groups excluding carboxylic acids is 3. The first-order valence-electron chi connectivity index (χ1n) is 12.6. The van der Waals surface area contributed by atoms with Crippen molar-refractivity contribution >= 4 is 41.1 Å². The van der Waals surface area contributed by atoms with Crippen molar-refractivity contribution in [3.05, 3.63) is 29.3 Å². The number of hydrogen-bond acceptors (Lipinski definition) is 6. The minimum Gasteiger partial charge on any atom is -0.396 e. The summed E-state index contributed by atoms with van der Waals surface area (Å²) < 4.78 is 0. The number of aliphatic hydroxyl groups excluding tert-OH is 1. The average molecular weight is 494 g/mol. The van der Waals surface area contributed by atoms with Crippen LogP contribution in [0, 0.1) is 17.8 Å². The standard InChI is InChI=1S/C16H21NO3.C8H16O.C2H4S.C2H6/c1-3-11(2)16(20)15-5-4-14(6-13(15)10-19)17-7-12(8-17)9-18;1-4-8(9)6-5-7(2)3;1-2-3;1-2/h4-6,10-12,18H,3,7-9H2,1-2H3;7H,4-6H2,1-3H3;2H,1H3;1-2H3. The number of ketones is 2. The molecule has 1 aromatic carbocycles. The lowest BCUT2D eigenvalue weighted by atomic mass is 9.92. The quantitative estimate of drug-likeness (QED) is 0.225. The SMILES string of the molecule is CC.CC=S.CCC(=O)CCC(C)C.CCC(C)C(=O)c1ccc(N2CC(CO)C2)cc1C=O. The Hall–Kier alpha value is -1.92. The van der Waals surface area contributed by atoms with E-state index in [0.29, 0.717) is 35.2 Å². The second kappa shape index (κ2) is 20.5. The molecule has 0 saturated carbocycles. The maximum absolute atomic E-state index is 12.2. The van der Waals surface area contributed by atoms with Crippen molar-refractivity contribution in [3.8, 4) is 0 Å². The van der Waals surface area contributed by atoms with E-state index in [0.717, 1.165) is 44.3 Å². The van der Waals surface area contributed by atoms with Gasteiger partial charge >= 0.3 is 0 Å². The smallest absolute Gasteiger partial charge is 0.166 e. The van der Waals surface area contributed by atoms with Crippen molar-refractivity contribution in [3.63, 3.8) is 0 Å². The fourth-order valence-corrected chi connectivity index (χ4v) is 3.04. The first kappa shape index (κ1) is 34.2. The summed E-state index contributed by atoms with van der Waals surface area (Å²) in [6, 6.07) is 5.41. The first-order valence-corrected chi connectivity index (χ1v) is 13.1. The van der Waals surface area contributed by atoms with Crippen LogP contribution in [0.25, 0.3) is 0 Å². The Kier molecular flexibility index (Phi) is 20.6. The monoisotopic (exact) mass is 493 g/mol. The van der Waals surface area contributed by atoms with E-state index in [1.54, 1.807) is 17.5 Å². The van der Waals surface area contributed by atoms with Crippen molar-refractivity contribution in [2.24, 2.45) is 17.8 Å². The molecular weight excluding hydrogens is 446 g/mol. The van der Waals surface area contributed by atoms with E-state index in [2.05, 4.69) is 31.0 Å². The van der Waals surface area contributed by atoms with E-state index in [4.69, 9.17) is 5.11 Å². The van der Waals surface area contributed by atoms with Crippen LogP contribution >= 0.6 is 12.2 Å². The third kappa shape index (κ3) is 13.1. The summed E-state index contributed by atoms with van der Waals surface area (Å²) >= 11 is 4.27. The Bertz CT molecular complexity index is 727. The molecule has 0 bridgehead atoms. The van der Waals surface area contributed by atoms with E-state index in [-0.39, 0.29) is 18.3 Å². The number of Topliss-reactive ketones (excluding diaryl/α,β-unsaturated/α-hetero) is 2. The molecule has 0 aromatic heterocycles. The van der Waals surface area contributed by atoms with Crippen LogP contribution < -0.4 is 4.90 Å². The highest BCUT2D eigenvalue weighted by Gasteiger charge is 2.27. The summed E-state index contributed by atoms with van der Waals surface area (Å²) in [4.78, 5) is 36.3. The molecule has 6 heteroatoms. The van der Waals surface area contributed by atoms with E-state index in [9.17, 15) is 14.4 Å². The number of nitrogens with zero attached hydrogens (tertiary/aromatic N) is 1. The fraction of sp³-hybridized carbons (Fsp3) is 0.643. The highest BCUT2D eigenvalue weighted by atomic mass is 32.1. The Balaban J connectivity index is 0. The lowest BCUT2D eigenvalue weighted by Gasteiger charge is -2.40. The second-order valence-electron chi connectivity index (χ2n) is 8.58. The fourth-order valence-electron chi connectivity index (χ4n) is 3.04. The van der Waals surface area contributed by atoms with Gasteiger partial charge in [-0.25, -0.2) is 0 Å². The van der Waals surface area contributed by atoms with Gasteiger partial charge in [0, 0.05) is 61.2 Å². The van der Waals surface area contributed by atoms with Crippen molar-refractivity contribution < 1.29 is 19.5 Å². The van der Waals surface area contributed by atoms with Crippen molar-refractivity contribution in [2.75, 3.05) is 24.6 Å². The van der Waals surface area contributed by atoms with Gasteiger partial charge in [0.15, 0.2) is 12.1 Å². The zero-order valence-electron chi connectivity index (χ0n) is 22.6. The molecule has 1 fully saturated rings. The molecule has 1 unspecified atom stereocenters. The van der Waals surface area contributed by atoms with Crippen LogP contribution in [0.3, 0.4) is 0 Å². The lowest BCUT2D eigenvalue weighted by molar-refractivity contribution is -0.119. The molecule has 1 N–H and O–H groups in total. The predicted molar refractivity (Wildman–Crippen MR) is 148 cm³/mol. The average Bonchev–Trinajstić information content (AvgIpc) is 2.82. The third-order valence-corrected chi connectivity index (χ3v) is 5.46. The molecule has 2 rings (SSSR count). The van der Waals surface area contributed by atoms with Gasteiger partial charge in [-0.3, -0.25) is 14.4 Å². The normalized spacial score (nSPS) is 13.1. The van der Waals surface area contributed by atoms with Gasteiger partial charge in [-0.2, -0.15) is 0 Å². The van der Waals surface area contributed by atoms with Gasteiger partial charge in [-0.15, -0.1) is 0 Å². The zero-order chi connectivity index (χ0) is 26.7. The third-order valence-electron chi connectivity index (χ3n) is 5.46. The van der Waals surface area contributed by atoms with Crippen molar-refractivity contribution in [1.29, 1.82) is 0 Å². The Morgan fingerprint density at radius 3 is 2.15 bits per heavy atom. The second-order valence-corrected chi connectivity index (χ2v) is 9.05. The number of carbonyl (C=O) groups is 3. The summed E-state index contributed by atoms with van der Waals surface area (Å²) in [7, 11) is 0.